The molecule has 1 amide bonds. The summed E-state index contributed by atoms with van der Waals surface area (Å²) in [6.45, 7) is 2.17. The lowest BCUT2D eigenvalue weighted by molar-refractivity contribution is -0.119. The van der Waals surface area contributed by atoms with Crippen LogP contribution in [-0.4, -0.2) is 11.7 Å². The summed E-state index contributed by atoms with van der Waals surface area (Å²) in [4.78, 5) is 16.5. The number of benzene rings is 1. The molecule has 21 heavy (non-hydrogen) atoms. The van der Waals surface area contributed by atoms with Gasteiger partial charge in [0.05, 0.1) is 5.70 Å². The number of aliphatic imine (C=N–C) groups is 1. The number of nitrogens with one attached hydrogen (secondary N) is 1. The predicted octanol–water partition coefficient (Wildman–Crippen LogP) is 4.31. The first kappa shape index (κ1) is 15.5. The molecule has 1 aromatic rings. The topological polar surface area (TPSA) is 41.5 Å². The fourth-order valence-corrected chi connectivity index (χ4v) is 2.41. The predicted molar refractivity (Wildman–Crippen MR) is 88.0 cm³/mol. The zero-order valence-corrected chi connectivity index (χ0v) is 12.8. The highest BCUT2D eigenvalue weighted by molar-refractivity contribution is 6.01. The first-order chi connectivity index (χ1) is 10.3. The molecule has 112 valence electrons. The molecule has 1 aliphatic heterocycles. The fraction of sp³-hybridized carbons (Fsp3) is 0.444. The normalized spacial score (nSPS) is 14.3. The minimum Gasteiger partial charge on any atom is -0.314 e. The van der Waals surface area contributed by atoms with Crippen molar-refractivity contribution in [2.24, 2.45) is 4.99 Å². The van der Waals surface area contributed by atoms with Crippen molar-refractivity contribution in [1.82, 2.24) is 5.32 Å². The van der Waals surface area contributed by atoms with E-state index in [1.807, 2.05) is 30.3 Å². The van der Waals surface area contributed by atoms with Gasteiger partial charge in [0.25, 0.3) is 0 Å². The lowest BCUT2D eigenvalue weighted by Crippen LogP contribution is -2.31. The van der Waals surface area contributed by atoms with E-state index in [2.05, 4.69) is 23.3 Å². The van der Waals surface area contributed by atoms with Gasteiger partial charge in [-0.15, -0.1) is 0 Å². The highest BCUT2D eigenvalue weighted by Gasteiger charge is 2.11. The second kappa shape index (κ2) is 8.40. The molecule has 0 radical (unpaired) electrons. The molecule has 0 aromatic heterocycles. The Labute approximate surface area is 127 Å². The number of hydrogen-bond donors (Lipinski definition) is 1. The zero-order valence-electron chi connectivity index (χ0n) is 12.8. The highest BCUT2D eigenvalue weighted by Crippen LogP contribution is 2.20. The Morgan fingerprint density at radius 1 is 1.19 bits per heavy atom. The molecule has 0 spiro atoms. The smallest absolute Gasteiger partial charge is 0.225 e. The highest BCUT2D eigenvalue weighted by atomic mass is 16.1. The van der Waals surface area contributed by atoms with Gasteiger partial charge in [-0.2, -0.15) is 0 Å². The van der Waals surface area contributed by atoms with Gasteiger partial charge in [-0.25, -0.2) is 4.99 Å². The van der Waals surface area contributed by atoms with Crippen molar-refractivity contribution in [3.05, 3.63) is 42.0 Å². The lowest BCUT2D eigenvalue weighted by atomic mass is 10.1. The van der Waals surface area contributed by atoms with Crippen LogP contribution in [-0.2, 0) is 4.79 Å². The molecule has 3 nitrogen and oxygen atoms in total. The van der Waals surface area contributed by atoms with Crippen molar-refractivity contribution in [3.63, 3.8) is 0 Å². The maximum Gasteiger partial charge on any atom is 0.225 e. The van der Waals surface area contributed by atoms with Crippen molar-refractivity contribution >= 4 is 17.4 Å². The van der Waals surface area contributed by atoms with Crippen LogP contribution in [0.15, 0.2) is 41.4 Å². The number of carbonyl (C=O) groups is 1. The second-order valence-corrected chi connectivity index (χ2v) is 5.41. The molecule has 0 atom stereocenters. The van der Waals surface area contributed by atoms with Gasteiger partial charge in [0, 0.05) is 12.8 Å². The van der Waals surface area contributed by atoms with E-state index in [1.165, 1.54) is 12.8 Å². The molecule has 1 aromatic carbocycles. The van der Waals surface area contributed by atoms with E-state index in [0.717, 1.165) is 42.8 Å². The molecular formula is C18H24N2O. The maximum atomic E-state index is 11.9. The number of amides is 1. The third-order valence-corrected chi connectivity index (χ3v) is 3.58. The van der Waals surface area contributed by atoms with Gasteiger partial charge in [0.1, 0.15) is 5.84 Å². The molecule has 3 heteroatoms. The number of carbonyl (C=O) groups excluding carboxylic acids is 1. The lowest BCUT2D eigenvalue weighted by Gasteiger charge is -2.14. The molecule has 2 rings (SSSR count). The molecule has 0 saturated heterocycles. The van der Waals surface area contributed by atoms with Gasteiger partial charge in [-0.05, 0) is 18.4 Å². The number of amidine groups is 1. The third kappa shape index (κ3) is 5.18. The van der Waals surface area contributed by atoms with E-state index < -0.39 is 0 Å². The Bertz CT molecular complexity index is 517. The number of rotatable bonds is 6. The Kier molecular flexibility index (Phi) is 6.20. The number of allylic oxidation sites excluding steroid dienone is 1. The summed E-state index contributed by atoms with van der Waals surface area (Å²) in [5, 5.41) is 2.97. The van der Waals surface area contributed by atoms with Crippen molar-refractivity contribution in [3.8, 4) is 0 Å². The molecule has 0 fully saturated rings. The van der Waals surface area contributed by atoms with Gasteiger partial charge < -0.3 is 5.32 Å². The largest absolute Gasteiger partial charge is 0.314 e. The third-order valence-electron chi connectivity index (χ3n) is 3.58. The van der Waals surface area contributed by atoms with Gasteiger partial charge in [0.15, 0.2) is 0 Å². The van der Waals surface area contributed by atoms with Crippen molar-refractivity contribution in [2.45, 2.75) is 51.9 Å². The zero-order chi connectivity index (χ0) is 14.9. The van der Waals surface area contributed by atoms with Gasteiger partial charge in [0.2, 0.25) is 5.91 Å². The van der Waals surface area contributed by atoms with Crippen LogP contribution in [0, 0.1) is 0 Å². The summed E-state index contributed by atoms with van der Waals surface area (Å²) in [7, 11) is 0. The fourth-order valence-electron chi connectivity index (χ4n) is 2.41. The minimum atomic E-state index is 0.0964. The molecule has 1 aliphatic rings. The Balaban J connectivity index is 1.87. The molecule has 0 unspecified atom stereocenters. The van der Waals surface area contributed by atoms with E-state index in [1.54, 1.807) is 0 Å². The summed E-state index contributed by atoms with van der Waals surface area (Å²) < 4.78 is 0. The monoisotopic (exact) mass is 284 g/mol. The van der Waals surface area contributed by atoms with Crippen LogP contribution in [0.3, 0.4) is 0 Å². The molecule has 0 aliphatic carbocycles. The molecule has 0 bridgehead atoms. The van der Waals surface area contributed by atoms with Crippen molar-refractivity contribution in [1.29, 1.82) is 0 Å². The summed E-state index contributed by atoms with van der Waals surface area (Å²) >= 11 is 0. The second-order valence-electron chi connectivity index (χ2n) is 5.41. The van der Waals surface area contributed by atoms with Crippen molar-refractivity contribution < 1.29 is 4.79 Å². The van der Waals surface area contributed by atoms with Gasteiger partial charge >= 0.3 is 0 Å². The molecule has 1 N–H and O–H groups in total. The summed E-state index contributed by atoms with van der Waals surface area (Å²) in [6, 6.07) is 10.1. The van der Waals surface area contributed by atoms with Crippen LogP contribution in [0.25, 0.3) is 5.70 Å². The van der Waals surface area contributed by atoms with Crippen molar-refractivity contribution in [2.75, 3.05) is 0 Å². The first-order valence-corrected chi connectivity index (χ1v) is 7.92. The quantitative estimate of drug-likeness (QED) is 0.777. The molecular weight excluding hydrogens is 260 g/mol. The van der Waals surface area contributed by atoms with E-state index >= 15 is 0 Å². The van der Waals surface area contributed by atoms with E-state index in [4.69, 9.17) is 0 Å². The Hall–Kier alpha value is -1.90. The summed E-state index contributed by atoms with van der Waals surface area (Å²) in [6.07, 6.45) is 8.97. The standard InChI is InChI=1S/C18H24N2O/c1-2-3-4-8-14-18(21)20-17-13-9-12-16(19-17)15-10-6-5-7-11-15/h5-7,10-12H,2-4,8-9,13-14H2,1H3,(H,19,20,21). The average molecular weight is 284 g/mol. The summed E-state index contributed by atoms with van der Waals surface area (Å²) in [5.74, 6) is 0.899. The number of hydrogen-bond acceptors (Lipinski definition) is 2. The number of unbranched alkanes of at least 4 members (excludes halogenated alkanes) is 3. The van der Waals surface area contributed by atoms with Crippen LogP contribution in [0.1, 0.15) is 57.4 Å². The van der Waals surface area contributed by atoms with E-state index in [9.17, 15) is 4.79 Å². The van der Waals surface area contributed by atoms with E-state index in [0.29, 0.717) is 6.42 Å². The Morgan fingerprint density at radius 3 is 2.76 bits per heavy atom. The van der Waals surface area contributed by atoms with E-state index in [-0.39, 0.29) is 5.91 Å². The summed E-state index contributed by atoms with van der Waals surface area (Å²) in [5.41, 5.74) is 2.06. The van der Waals surface area contributed by atoms with Gasteiger partial charge in [-0.3, -0.25) is 4.79 Å². The SMILES string of the molecule is CCCCCCC(=O)NC1=NC(c2ccccc2)=CCC1. The number of nitrogens with zero attached hydrogens (tertiary/aromatic N) is 1. The Morgan fingerprint density at radius 2 is 2.00 bits per heavy atom. The van der Waals surface area contributed by atoms with Crippen LogP contribution in [0.5, 0.6) is 0 Å². The average Bonchev–Trinajstić information content (AvgIpc) is 2.53. The van der Waals surface area contributed by atoms with Crippen LogP contribution >= 0.6 is 0 Å². The minimum absolute atomic E-state index is 0.0964. The van der Waals surface area contributed by atoms with Crippen LogP contribution in [0.2, 0.25) is 0 Å². The van der Waals surface area contributed by atoms with Crippen LogP contribution in [0.4, 0.5) is 0 Å². The molecule has 0 saturated carbocycles. The van der Waals surface area contributed by atoms with Gasteiger partial charge in [-0.1, -0.05) is 62.6 Å². The first-order valence-electron chi connectivity index (χ1n) is 7.92. The van der Waals surface area contributed by atoms with Crippen LogP contribution < -0.4 is 5.32 Å². The maximum absolute atomic E-state index is 11.9. The molecule has 1 heterocycles.